The molecule has 2 rings (SSSR count). The molecule has 0 aliphatic heterocycles. The van der Waals surface area contributed by atoms with Gasteiger partial charge in [-0.2, -0.15) is 0 Å². The Kier molecular flexibility index (Phi) is 2.90. The molecule has 0 radical (unpaired) electrons. The predicted octanol–water partition coefficient (Wildman–Crippen LogP) is 2.42. The number of hydrogen-bond acceptors (Lipinski definition) is 4. The number of benzene rings is 1. The average Bonchev–Trinajstić information content (AvgIpc) is 2.61. The van der Waals surface area contributed by atoms with Gasteiger partial charge in [-0.3, -0.25) is 0 Å². The van der Waals surface area contributed by atoms with Crippen LogP contribution in [0, 0.1) is 0 Å². The van der Waals surface area contributed by atoms with Crippen LogP contribution in [-0.4, -0.2) is 14.2 Å². The lowest BCUT2D eigenvalue weighted by molar-refractivity contribution is 0.597. The second-order valence-electron chi connectivity index (χ2n) is 3.65. The molecule has 86 valence electrons. The summed E-state index contributed by atoms with van der Waals surface area (Å²) in [5.74, 6) is 0.291. The van der Waals surface area contributed by atoms with E-state index in [4.69, 9.17) is 5.73 Å². The number of nitrogen functional groups attached to an aromatic ring is 1. The number of nitrogens with two attached hydrogens (primary N) is 1. The Bertz CT molecular complexity index is 614. The van der Waals surface area contributed by atoms with E-state index in [-0.39, 0.29) is 11.5 Å². The quantitative estimate of drug-likeness (QED) is 0.857. The molecule has 0 saturated heterocycles. The molecule has 2 N–H and O–H groups in total. The third kappa shape index (κ3) is 2.20. The van der Waals surface area contributed by atoms with Crippen molar-refractivity contribution >= 4 is 36.9 Å². The van der Waals surface area contributed by atoms with Gasteiger partial charge in [0.25, 0.3) is 0 Å². The minimum absolute atomic E-state index is 0.113. The van der Waals surface area contributed by atoms with Gasteiger partial charge in [0.1, 0.15) is 0 Å². The van der Waals surface area contributed by atoms with E-state index in [2.05, 4.69) is 0 Å². The van der Waals surface area contributed by atoms with Crippen molar-refractivity contribution in [3.8, 4) is 0 Å². The summed E-state index contributed by atoms with van der Waals surface area (Å²) in [5.41, 5.74) is 6.53. The second kappa shape index (κ2) is 4.07. The largest absolute Gasteiger partial charge is 0.398 e. The van der Waals surface area contributed by atoms with Crippen LogP contribution < -0.4 is 5.73 Å². The molecule has 0 spiro atoms. The Morgan fingerprint density at radius 1 is 1.38 bits per heavy atom. The van der Waals surface area contributed by atoms with Gasteiger partial charge >= 0.3 is 0 Å². The lowest BCUT2D eigenvalue weighted by Crippen LogP contribution is -2.04. The first kappa shape index (κ1) is 11.4. The van der Waals surface area contributed by atoms with E-state index < -0.39 is 9.84 Å². The Balaban J connectivity index is 2.45. The molecule has 0 bridgehead atoms. The van der Waals surface area contributed by atoms with Gasteiger partial charge in [0.2, 0.25) is 0 Å². The summed E-state index contributed by atoms with van der Waals surface area (Å²) in [7, 11) is -2.96. The van der Waals surface area contributed by atoms with Crippen molar-refractivity contribution in [1.82, 2.24) is 0 Å². The zero-order chi connectivity index (χ0) is 11.8. The maximum Gasteiger partial charge on any atom is 0.154 e. The van der Waals surface area contributed by atoms with Gasteiger partial charge in [-0.1, -0.05) is 13.0 Å². The molecular formula is C11H13NO2S2. The minimum atomic E-state index is -2.96. The molecule has 0 unspecified atom stereocenters. The van der Waals surface area contributed by atoms with Crippen LogP contribution in [0.2, 0.25) is 0 Å². The molecule has 0 atom stereocenters. The number of rotatable bonds is 3. The van der Waals surface area contributed by atoms with Crippen molar-refractivity contribution in [3.63, 3.8) is 0 Å². The van der Waals surface area contributed by atoms with Crippen molar-refractivity contribution < 1.29 is 8.42 Å². The second-order valence-corrected chi connectivity index (χ2v) is 7.17. The molecule has 2 aromatic rings. The van der Waals surface area contributed by atoms with E-state index in [0.29, 0.717) is 5.69 Å². The number of sulfone groups is 1. The fourth-order valence-electron chi connectivity index (χ4n) is 1.53. The first-order valence-corrected chi connectivity index (χ1v) is 7.63. The SMILES string of the molecule is CCS(=O)(=O)Cc1cc2c(N)cccc2s1. The van der Waals surface area contributed by atoms with E-state index in [1.54, 1.807) is 6.92 Å². The Morgan fingerprint density at radius 2 is 2.12 bits per heavy atom. The molecule has 0 amide bonds. The highest BCUT2D eigenvalue weighted by atomic mass is 32.2. The molecule has 0 aliphatic rings. The van der Waals surface area contributed by atoms with Gasteiger partial charge in [-0.15, -0.1) is 11.3 Å². The monoisotopic (exact) mass is 255 g/mol. The summed E-state index contributed by atoms with van der Waals surface area (Å²) in [5, 5.41) is 0.953. The Labute approximate surface area is 98.8 Å². The van der Waals surface area contributed by atoms with Crippen LogP contribution in [0.3, 0.4) is 0 Å². The lowest BCUT2D eigenvalue weighted by atomic mass is 10.2. The summed E-state index contributed by atoms with van der Waals surface area (Å²) in [4.78, 5) is 0.856. The average molecular weight is 255 g/mol. The van der Waals surface area contributed by atoms with Crippen molar-refractivity contribution in [2.24, 2.45) is 0 Å². The van der Waals surface area contributed by atoms with Crippen LogP contribution in [0.4, 0.5) is 5.69 Å². The molecule has 1 aromatic carbocycles. The molecule has 5 heteroatoms. The van der Waals surface area contributed by atoms with Crippen molar-refractivity contribution in [1.29, 1.82) is 0 Å². The van der Waals surface area contributed by atoms with Gasteiger partial charge in [0.15, 0.2) is 9.84 Å². The van der Waals surface area contributed by atoms with Gasteiger partial charge in [0.05, 0.1) is 5.75 Å². The zero-order valence-electron chi connectivity index (χ0n) is 8.93. The van der Waals surface area contributed by atoms with Crippen LogP contribution in [0.5, 0.6) is 0 Å². The Morgan fingerprint density at radius 3 is 2.75 bits per heavy atom. The van der Waals surface area contributed by atoms with Crippen molar-refractivity contribution in [2.45, 2.75) is 12.7 Å². The van der Waals surface area contributed by atoms with Crippen molar-refractivity contribution in [3.05, 3.63) is 29.1 Å². The third-order valence-electron chi connectivity index (χ3n) is 2.45. The van der Waals surface area contributed by atoms with Crippen LogP contribution in [0.1, 0.15) is 11.8 Å². The maximum atomic E-state index is 11.5. The standard InChI is InChI=1S/C11H13NO2S2/c1-2-16(13,14)7-8-6-9-10(12)4-3-5-11(9)15-8/h3-6H,2,7,12H2,1H3. The predicted molar refractivity (Wildman–Crippen MR) is 69.4 cm³/mol. The highest BCUT2D eigenvalue weighted by Gasteiger charge is 2.12. The van der Waals surface area contributed by atoms with E-state index >= 15 is 0 Å². The Hall–Kier alpha value is -1.07. The van der Waals surface area contributed by atoms with Crippen molar-refractivity contribution in [2.75, 3.05) is 11.5 Å². The number of hydrogen-bond donors (Lipinski definition) is 1. The molecule has 0 saturated carbocycles. The van der Waals surface area contributed by atoms with E-state index in [9.17, 15) is 8.42 Å². The van der Waals surface area contributed by atoms with Crippen LogP contribution in [0.15, 0.2) is 24.3 Å². The number of anilines is 1. The first-order valence-electron chi connectivity index (χ1n) is 4.99. The summed E-state index contributed by atoms with van der Waals surface area (Å²) in [6.45, 7) is 1.66. The highest BCUT2D eigenvalue weighted by Crippen LogP contribution is 2.30. The highest BCUT2D eigenvalue weighted by molar-refractivity contribution is 7.90. The van der Waals surface area contributed by atoms with Crippen LogP contribution in [0.25, 0.3) is 10.1 Å². The molecule has 1 aromatic heterocycles. The van der Waals surface area contributed by atoms with E-state index in [1.165, 1.54) is 11.3 Å². The lowest BCUT2D eigenvalue weighted by Gasteiger charge is -1.96. The van der Waals surface area contributed by atoms with Gasteiger partial charge < -0.3 is 5.73 Å². The van der Waals surface area contributed by atoms with Crippen LogP contribution in [-0.2, 0) is 15.6 Å². The third-order valence-corrected chi connectivity index (χ3v) is 5.36. The number of thiophene rings is 1. The summed E-state index contributed by atoms with van der Waals surface area (Å²) < 4.78 is 24.1. The molecule has 0 fully saturated rings. The smallest absolute Gasteiger partial charge is 0.154 e. The molecule has 3 nitrogen and oxygen atoms in total. The fraction of sp³-hybridized carbons (Fsp3) is 0.273. The zero-order valence-corrected chi connectivity index (χ0v) is 10.6. The van der Waals surface area contributed by atoms with Gasteiger partial charge in [-0.05, 0) is 18.2 Å². The van der Waals surface area contributed by atoms with Gasteiger partial charge in [0, 0.05) is 26.4 Å². The summed E-state index contributed by atoms with van der Waals surface area (Å²) in [6.07, 6.45) is 0. The van der Waals surface area contributed by atoms with E-state index in [1.807, 2.05) is 24.3 Å². The van der Waals surface area contributed by atoms with Crippen LogP contribution >= 0.6 is 11.3 Å². The molecule has 16 heavy (non-hydrogen) atoms. The summed E-state index contributed by atoms with van der Waals surface area (Å²) >= 11 is 1.49. The number of fused-ring (bicyclic) bond motifs is 1. The van der Waals surface area contributed by atoms with E-state index in [0.717, 1.165) is 15.0 Å². The molecular weight excluding hydrogens is 242 g/mol. The topological polar surface area (TPSA) is 60.2 Å². The maximum absolute atomic E-state index is 11.5. The van der Waals surface area contributed by atoms with Gasteiger partial charge in [-0.25, -0.2) is 8.42 Å². The molecule has 1 heterocycles. The fourth-order valence-corrected chi connectivity index (χ4v) is 3.91. The summed E-state index contributed by atoms with van der Waals surface area (Å²) in [6, 6.07) is 7.54. The minimum Gasteiger partial charge on any atom is -0.398 e. The first-order chi connectivity index (χ1) is 7.52. The molecule has 0 aliphatic carbocycles. The normalized spacial score (nSPS) is 12.1.